The number of aromatic nitrogens is 2. The lowest BCUT2D eigenvalue weighted by molar-refractivity contribution is -0.118. The van der Waals surface area contributed by atoms with Crippen LogP contribution in [0.1, 0.15) is 17.2 Å². The van der Waals surface area contributed by atoms with Crippen LogP contribution in [0.5, 0.6) is 5.75 Å². The van der Waals surface area contributed by atoms with E-state index in [-0.39, 0.29) is 18.6 Å². The Morgan fingerprint density at radius 3 is 2.78 bits per heavy atom. The molecule has 0 radical (unpaired) electrons. The lowest BCUT2D eigenvalue weighted by atomic mass is 9.97. The first-order valence-corrected chi connectivity index (χ1v) is 7.40. The normalized spacial score (nSPS) is 14.5. The molecule has 1 N–H and O–H groups in total. The van der Waals surface area contributed by atoms with Crippen molar-refractivity contribution in [2.45, 2.75) is 6.04 Å². The van der Waals surface area contributed by atoms with Crippen molar-refractivity contribution < 1.29 is 9.53 Å². The largest absolute Gasteiger partial charge is 0.482 e. The molecule has 23 heavy (non-hydrogen) atoms. The number of benzene rings is 2. The predicted octanol–water partition coefficient (Wildman–Crippen LogP) is 2.85. The summed E-state index contributed by atoms with van der Waals surface area (Å²) < 4.78 is 7.48. The summed E-state index contributed by atoms with van der Waals surface area (Å²) in [6, 6.07) is 16.1. The van der Waals surface area contributed by atoms with Crippen molar-refractivity contribution in [2.75, 3.05) is 11.9 Å². The van der Waals surface area contributed by atoms with Crippen molar-refractivity contribution in [1.29, 1.82) is 0 Å². The fraction of sp³-hybridized carbons (Fsp3) is 0.111. The zero-order chi connectivity index (χ0) is 15.6. The third kappa shape index (κ3) is 2.57. The van der Waals surface area contributed by atoms with Gasteiger partial charge in [0.1, 0.15) is 5.75 Å². The van der Waals surface area contributed by atoms with E-state index in [0.717, 1.165) is 11.1 Å². The van der Waals surface area contributed by atoms with Gasteiger partial charge in [0, 0.05) is 12.4 Å². The van der Waals surface area contributed by atoms with E-state index in [1.807, 2.05) is 47.2 Å². The van der Waals surface area contributed by atoms with E-state index >= 15 is 0 Å². The number of rotatable bonds is 3. The maximum atomic E-state index is 11.6. The van der Waals surface area contributed by atoms with Crippen LogP contribution in [0.3, 0.4) is 0 Å². The Labute approximate surface area is 133 Å². The van der Waals surface area contributed by atoms with Gasteiger partial charge in [-0.1, -0.05) is 36.4 Å². The molecule has 2 heterocycles. The summed E-state index contributed by atoms with van der Waals surface area (Å²) in [5, 5.41) is 2.86. The van der Waals surface area contributed by atoms with Crippen LogP contribution in [0.15, 0.2) is 67.3 Å². The fourth-order valence-corrected chi connectivity index (χ4v) is 2.87. The Kier molecular flexibility index (Phi) is 3.31. The Balaban J connectivity index is 1.81. The van der Waals surface area contributed by atoms with Crippen LogP contribution in [0, 0.1) is 0 Å². The number of carbonyl (C=O) groups excluding carboxylic acids is 1. The summed E-state index contributed by atoms with van der Waals surface area (Å²) in [5.74, 6) is 0.569. The minimum absolute atomic E-state index is 0.0113. The highest BCUT2D eigenvalue weighted by molar-refractivity contribution is 5.95. The van der Waals surface area contributed by atoms with E-state index in [9.17, 15) is 4.79 Å². The molecule has 4 rings (SSSR count). The summed E-state index contributed by atoms with van der Waals surface area (Å²) in [6.45, 7) is 0.0655. The Bertz CT molecular complexity index is 829. The van der Waals surface area contributed by atoms with Gasteiger partial charge in [0.2, 0.25) is 0 Å². The molecule has 5 heteroatoms. The molecule has 1 unspecified atom stereocenters. The molecule has 0 bridgehead atoms. The molecule has 0 saturated carbocycles. The molecule has 0 saturated heterocycles. The smallest absolute Gasteiger partial charge is 0.262 e. The van der Waals surface area contributed by atoms with Crippen LogP contribution >= 0.6 is 0 Å². The first-order valence-electron chi connectivity index (χ1n) is 7.40. The molecule has 0 aliphatic carbocycles. The summed E-state index contributed by atoms with van der Waals surface area (Å²) in [7, 11) is 0. The van der Waals surface area contributed by atoms with Gasteiger partial charge < -0.3 is 14.6 Å². The zero-order valence-electron chi connectivity index (χ0n) is 12.3. The molecule has 114 valence electrons. The first kappa shape index (κ1) is 13.6. The topological polar surface area (TPSA) is 56.2 Å². The quantitative estimate of drug-likeness (QED) is 0.809. The van der Waals surface area contributed by atoms with Crippen LogP contribution in [0.2, 0.25) is 0 Å². The molecular formula is C18H15N3O2. The average molecular weight is 305 g/mol. The van der Waals surface area contributed by atoms with Crippen molar-refractivity contribution in [3.63, 3.8) is 0 Å². The zero-order valence-corrected chi connectivity index (χ0v) is 12.3. The van der Waals surface area contributed by atoms with Crippen LogP contribution in [-0.4, -0.2) is 22.1 Å². The molecule has 3 aromatic rings. The molecule has 1 aliphatic rings. The third-order valence-electron chi connectivity index (χ3n) is 3.89. The van der Waals surface area contributed by atoms with Gasteiger partial charge in [-0.15, -0.1) is 0 Å². The molecule has 5 nitrogen and oxygen atoms in total. The second kappa shape index (κ2) is 5.61. The number of imidazole rings is 1. The Hall–Kier alpha value is -3.08. The maximum Gasteiger partial charge on any atom is 0.262 e. The maximum absolute atomic E-state index is 11.6. The number of fused-ring (bicyclic) bond motifs is 1. The Morgan fingerprint density at radius 1 is 1.13 bits per heavy atom. The highest BCUT2D eigenvalue weighted by Crippen LogP contribution is 2.34. The van der Waals surface area contributed by atoms with Gasteiger partial charge in [-0.2, -0.15) is 0 Å². The van der Waals surface area contributed by atoms with E-state index in [4.69, 9.17) is 4.74 Å². The summed E-state index contributed by atoms with van der Waals surface area (Å²) in [5.41, 5.74) is 2.91. The SMILES string of the molecule is O=C1COc2ccc(C(c3ccccc3)n3ccnc3)cc2N1. The molecule has 1 amide bonds. The van der Waals surface area contributed by atoms with E-state index in [0.29, 0.717) is 11.4 Å². The minimum Gasteiger partial charge on any atom is -0.482 e. The summed E-state index contributed by atoms with van der Waals surface area (Å²) in [6.07, 6.45) is 5.50. The number of ether oxygens (including phenoxy) is 1. The van der Waals surface area contributed by atoms with Crippen LogP contribution in [0.25, 0.3) is 0 Å². The molecule has 1 atom stereocenters. The van der Waals surface area contributed by atoms with Gasteiger partial charge >= 0.3 is 0 Å². The summed E-state index contributed by atoms with van der Waals surface area (Å²) in [4.78, 5) is 15.7. The van der Waals surface area contributed by atoms with Crippen LogP contribution in [-0.2, 0) is 4.79 Å². The Morgan fingerprint density at radius 2 is 2.00 bits per heavy atom. The van der Waals surface area contributed by atoms with E-state index < -0.39 is 0 Å². The first-order chi connectivity index (χ1) is 11.3. The third-order valence-corrected chi connectivity index (χ3v) is 3.89. The number of hydrogen-bond donors (Lipinski definition) is 1. The second-order valence-electron chi connectivity index (χ2n) is 5.42. The molecule has 1 aromatic heterocycles. The predicted molar refractivity (Wildman–Crippen MR) is 86.5 cm³/mol. The second-order valence-corrected chi connectivity index (χ2v) is 5.42. The van der Waals surface area contributed by atoms with E-state index in [1.165, 1.54) is 0 Å². The van der Waals surface area contributed by atoms with E-state index in [2.05, 4.69) is 22.4 Å². The van der Waals surface area contributed by atoms with Crippen molar-refractivity contribution >= 4 is 11.6 Å². The lowest BCUT2D eigenvalue weighted by Gasteiger charge is -2.23. The number of anilines is 1. The van der Waals surface area contributed by atoms with Gasteiger partial charge in [-0.05, 0) is 23.3 Å². The number of carbonyl (C=O) groups is 1. The van der Waals surface area contributed by atoms with Crippen LogP contribution in [0.4, 0.5) is 5.69 Å². The van der Waals surface area contributed by atoms with Gasteiger partial charge in [-0.25, -0.2) is 4.98 Å². The van der Waals surface area contributed by atoms with Gasteiger partial charge in [0.25, 0.3) is 5.91 Å². The van der Waals surface area contributed by atoms with Crippen molar-refractivity contribution in [3.8, 4) is 5.75 Å². The lowest BCUT2D eigenvalue weighted by Crippen LogP contribution is -2.25. The molecule has 0 spiro atoms. The van der Waals surface area contributed by atoms with Crippen molar-refractivity contribution in [3.05, 3.63) is 78.4 Å². The van der Waals surface area contributed by atoms with Crippen molar-refractivity contribution in [1.82, 2.24) is 9.55 Å². The monoisotopic (exact) mass is 305 g/mol. The summed E-state index contributed by atoms with van der Waals surface area (Å²) >= 11 is 0. The minimum atomic E-state index is -0.131. The standard InChI is InChI=1S/C18H15N3O2/c22-17-11-23-16-7-6-14(10-15(16)20-17)18(21-9-8-19-12-21)13-4-2-1-3-5-13/h1-10,12,18H,11H2,(H,20,22). The molecule has 2 aromatic carbocycles. The fourth-order valence-electron chi connectivity index (χ4n) is 2.87. The van der Waals surface area contributed by atoms with Crippen molar-refractivity contribution in [2.24, 2.45) is 0 Å². The average Bonchev–Trinajstić information content (AvgIpc) is 3.10. The number of nitrogens with one attached hydrogen (secondary N) is 1. The number of nitrogens with zero attached hydrogens (tertiary/aromatic N) is 2. The molecule has 0 fully saturated rings. The van der Waals surface area contributed by atoms with Crippen LogP contribution < -0.4 is 10.1 Å². The number of hydrogen-bond acceptors (Lipinski definition) is 3. The number of amides is 1. The van der Waals surface area contributed by atoms with E-state index in [1.54, 1.807) is 12.5 Å². The highest BCUT2D eigenvalue weighted by atomic mass is 16.5. The van der Waals surface area contributed by atoms with Gasteiger partial charge in [0.05, 0.1) is 18.1 Å². The van der Waals surface area contributed by atoms with Gasteiger partial charge in [0.15, 0.2) is 6.61 Å². The molecular weight excluding hydrogens is 290 g/mol. The van der Waals surface area contributed by atoms with Gasteiger partial charge in [-0.3, -0.25) is 4.79 Å². The molecule has 1 aliphatic heterocycles. The highest BCUT2D eigenvalue weighted by Gasteiger charge is 2.20.